The molecule has 56 heavy (non-hydrogen) atoms. The van der Waals surface area contributed by atoms with Crippen molar-refractivity contribution in [1.29, 1.82) is 0 Å². The second-order valence-corrected chi connectivity index (χ2v) is 14.7. The molecule has 2 aliphatic heterocycles. The maximum Gasteiger partial charge on any atom is 0.416 e. The smallest absolute Gasteiger partial charge is 0.416 e. The van der Waals surface area contributed by atoms with Gasteiger partial charge in [-0.3, -0.25) is 19.2 Å². The van der Waals surface area contributed by atoms with Crippen molar-refractivity contribution in [2.75, 3.05) is 16.9 Å². The molecule has 4 aliphatic rings. The monoisotopic (exact) mass is 794 g/mol. The minimum Gasteiger partial charge on any atom is -0.508 e. The predicted octanol–water partition coefficient (Wildman–Crippen LogP) is 8.46. The van der Waals surface area contributed by atoms with Crippen LogP contribution in [0.4, 0.5) is 37.7 Å². The van der Waals surface area contributed by atoms with Crippen molar-refractivity contribution in [2.24, 2.45) is 23.7 Å². The summed E-state index contributed by atoms with van der Waals surface area (Å²) in [6.07, 6.45) is -9.28. The molecule has 288 valence electrons. The number of allylic oxidation sites excluding steroid dienone is 2. The van der Waals surface area contributed by atoms with Crippen molar-refractivity contribution in [3.8, 4) is 11.5 Å². The Balaban J connectivity index is 1.35. The highest BCUT2D eigenvalue weighted by Crippen LogP contribution is 2.66. The second kappa shape index (κ2) is 13.0. The predicted molar refractivity (Wildman–Crippen MR) is 190 cm³/mol. The van der Waals surface area contributed by atoms with Gasteiger partial charge < -0.3 is 9.84 Å². The number of ether oxygens (including phenoxy) is 1. The zero-order valence-corrected chi connectivity index (χ0v) is 29.8. The van der Waals surface area contributed by atoms with Gasteiger partial charge in [-0.2, -0.15) is 26.3 Å². The van der Waals surface area contributed by atoms with Crippen LogP contribution in [0.15, 0.2) is 103 Å². The second-order valence-electron chi connectivity index (χ2n) is 14.3. The molecule has 6 atom stereocenters. The summed E-state index contributed by atoms with van der Waals surface area (Å²) in [5.74, 6) is -9.72. The standard InChI is InChI=1S/C41H29ClF6N2O6/c1-56-31-12-6-11-30(51)33(31)34-26-13-14-27-32(37(54)49(35(27)52)25-16-21(40(43,44)45)15-22(17-25)41(46,47)48)28(26)19-29-36(53)50(24-10-5-9-23(42)18-24)38(55)39(29,34)20-7-3-2-4-8-20/h2-13,15-18,27-29,32,34,51H,14,19H2,1H3. The van der Waals surface area contributed by atoms with Crippen LogP contribution in [0.3, 0.4) is 0 Å². The average Bonchev–Trinajstić information content (AvgIpc) is 3.55. The Morgan fingerprint density at radius 1 is 0.750 bits per heavy atom. The summed E-state index contributed by atoms with van der Waals surface area (Å²) in [6.45, 7) is 0. The molecule has 8 rings (SSSR count). The number of halogens is 7. The molecule has 4 amide bonds. The van der Waals surface area contributed by atoms with Crippen LogP contribution in [0, 0.1) is 23.7 Å². The van der Waals surface area contributed by atoms with E-state index in [1.165, 1.54) is 31.4 Å². The quantitative estimate of drug-likeness (QED) is 0.124. The topological polar surface area (TPSA) is 104 Å². The fraction of sp³-hybridized carbons (Fsp3) is 0.268. The fourth-order valence-corrected chi connectivity index (χ4v) is 9.56. The number of carbonyl (C=O) groups is 4. The molecule has 0 bridgehead atoms. The number of carbonyl (C=O) groups excluding carboxylic acids is 4. The third kappa shape index (κ3) is 5.43. The number of fused-ring (bicyclic) bond motifs is 4. The Morgan fingerprint density at radius 3 is 2.04 bits per heavy atom. The zero-order valence-electron chi connectivity index (χ0n) is 29.1. The van der Waals surface area contributed by atoms with Crippen molar-refractivity contribution in [1.82, 2.24) is 0 Å². The number of aromatic hydroxyl groups is 1. The van der Waals surface area contributed by atoms with Gasteiger partial charge in [-0.05, 0) is 72.9 Å². The number of anilines is 2. The molecule has 8 nitrogen and oxygen atoms in total. The Bertz CT molecular complexity index is 2330. The van der Waals surface area contributed by atoms with Gasteiger partial charge in [-0.1, -0.05) is 65.7 Å². The molecule has 0 spiro atoms. The lowest BCUT2D eigenvalue weighted by Crippen LogP contribution is -2.53. The van der Waals surface area contributed by atoms with Gasteiger partial charge in [-0.25, -0.2) is 9.80 Å². The summed E-state index contributed by atoms with van der Waals surface area (Å²) in [5, 5.41) is 11.9. The summed E-state index contributed by atoms with van der Waals surface area (Å²) in [5.41, 5.74) is -5.07. The molecule has 1 saturated carbocycles. The van der Waals surface area contributed by atoms with E-state index in [0.29, 0.717) is 28.2 Å². The van der Waals surface area contributed by atoms with E-state index in [2.05, 4.69) is 0 Å². The van der Waals surface area contributed by atoms with E-state index in [0.717, 1.165) is 4.90 Å². The lowest BCUT2D eigenvalue weighted by molar-refractivity contribution is -0.143. The Labute approximate surface area is 319 Å². The molecule has 0 radical (unpaired) electrons. The average molecular weight is 795 g/mol. The number of methoxy groups -OCH3 is 1. The Kier molecular flexibility index (Phi) is 8.64. The summed E-state index contributed by atoms with van der Waals surface area (Å²) < 4.78 is 89.2. The third-order valence-electron chi connectivity index (χ3n) is 11.5. The van der Waals surface area contributed by atoms with Gasteiger partial charge in [0.2, 0.25) is 23.6 Å². The molecule has 15 heteroatoms. The molecule has 4 aromatic rings. The van der Waals surface area contributed by atoms with E-state index in [9.17, 15) is 45.8 Å². The number of hydrogen-bond donors (Lipinski definition) is 1. The lowest BCUT2D eigenvalue weighted by Gasteiger charge is -2.51. The van der Waals surface area contributed by atoms with E-state index in [1.54, 1.807) is 54.6 Å². The van der Waals surface area contributed by atoms with E-state index < -0.39 is 87.8 Å². The molecular formula is C41H29ClF6N2O6. The third-order valence-corrected chi connectivity index (χ3v) is 11.8. The van der Waals surface area contributed by atoms with Crippen LogP contribution < -0.4 is 14.5 Å². The highest BCUT2D eigenvalue weighted by atomic mass is 35.5. The first-order chi connectivity index (χ1) is 26.5. The normalized spacial score (nSPS) is 26.2. The van der Waals surface area contributed by atoms with E-state index in [4.69, 9.17) is 16.3 Å². The molecular weight excluding hydrogens is 766 g/mol. The number of nitrogens with zero attached hydrogens (tertiary/aromatic N) is 2. The molecule has 2 aliphatic carbocycles. The molecule has 0 aromatic heterocycles. The van der Waals surface area contributed by atoms with Crippen LogP contribution in [0.25, 0.3) is 0 Å². The van der Waals surface area contributed by atoms with Crippen LogP contribution in [0.5, 0.6) is 11.5 Å². The van der Waals surface area contributed by atoms with Crippen molar-refractivity contribution in [2.45, 2.75) is 36.5 Å². The van der Waals surface area contributed by atoms with Crippen molar-refractivity contribution in [3.05, 3.63) is 130 Å². The highest BCUT2D eigenvalue weighted by Gasteiger charge is 2.71. The largest absolute Gasteiger partial charge is 0.508 e. The minimum atomic E-state index is -5.25. The van der Waals surface area contributed by atoms with Gasteiger partial charge in [-0.15, -0.1) is 0 Å². The van der Waals surface area contributed by atoms with Crippen LogP contribution in [-0.4, -0.2) is 35.8 Å². The summed E-state index contributed by atoms with van der Waals surface area (Å²) >= 11 is 6.33. The summed E-state index contributed by atoms with van der Waals surface area (Å²) in [7, 11) is 1.34. The Hall–Kier alpha value is -5.63. The minimum absolute atomic E-state index is 0.0930. The Morgan fingerprint density at radius 2 is 1.41 bits per heavy atom. The van der Waals surface area contributed by atoms with Crippen molar-refractivity contribution < 1.29 is 55.4 Å². The summed E-state index contributed by atoms with van der Waals surface area (Å²) in [6, 6.07) is 19.5. The van der Waals surface area contributed by atoms with Gasteiger partial charge in [0.15, 0.2) is 0 Å². The first-order valence-electron chi connectivity index (χ1n) is 17.4. The van der Waals surface area contributed by atoms with Crippen molar-refractivity contribution in [3.63, 3.8) is 0 Å². The van der Waals surface area contributed by atoms with Crippen LogP contribution in [-0.2, 0) is 36.9 Å². The number of rotatable bonds is 5. The maximum atomic E-state index is 15.4. The summed E-state index contributed by atoms with van der Waals surface area (Å²) in [4.78, 5) is 60.2. The number of benzene rings is 4. The van der Waals surface area contributed by atoms with E-state index in [1.807, 2.05) is 0 Å². The molecule has 2 heterocycles. The van der Waals surface area contributed by atoms with Crippen molar-refractivity contribution >= 4 is 46.6 Å². The molecule has 4 aromatic carbocycles. The van der Waals surface area contributed by atoms with Crippen LogP contribution in [0.2, 0.25) is 5.02 Å². The number of phenolic OH excluding ortho intramolecular Hbond substituents is 1. The van der Waals surface area contributed by atoms with Gasteiger partial charge in [0.05, 0.1) is 52.8 Å². The zero-order chi connectivity index (χ0) is 40.1. The fourth-order valence-electron chi connectivity index (χ4n) is 9.38. The van der Waals surface area contributed by atoms with Gasteiger partial charge >= 0.3 is 12.4 Å². The number of amides is 4. The maximum absolute atomic E-state index is 15.4. The van der Waals surface area contributed by atoms with Gasteiger partial charge in [0.25, 0.3) is 0 Å². The highest BCUT2D eigenvalue weighted by molar-refractivity contribution is 6.32. The van der Waals surface area contributed by atoms with E-state index in [-0.39, 0.29) is 46.7 Å². The van der Waals surface area contributed by atoms with Gasteiger partial charge in [0.1, 0.15) is 11.5 Å². The number of alkyl halides is 6. The van der Waals surface area contributed by atoms with E-state index >= 15 is 4.79 Å². The lowest BCUT2D eigenvalue weighted by atomic mass is 9.49. The molecule has 6 unspecified atom stereocenters. The number of hydrogen-bond acceptors (Lipinski definition) is 6. The van der Waals surface area contributed by atoms with Gasteiger partial charge in [0, 0.05) is 16.5 Å². The van der Waals surface area contributed by atoms with Crippen LogP contribution >= 0.6 is 11.6 Å². The van der Waals surface area contributed by atoms with Crippen LogP contribution in [0.1, 0.15) is 41.0 Å². The molecule has 2 saturated heterocycles. The number of imide groups is 2. The SMILES string of the molecule is COc1cccc(O)c1C1C2=CCC3C(=O)N(c4cc(C(F)(F)F)cc(C(F)(F)F)c4)C(=O)C3C2CC2C(=O)N(c3cccc(Cl)c3)C(=O)C21c1ccccc1. The first-order valence-corrected chi connectivity index (χ1v) is 17.8. The molecule has 3 fully saturated rings. The number of phenols is 1. The first kappa shape index (κ1) is 37.3. The molecule has 1 N–H and O–H groups in total.